The van der Waals surface area contributed by atoms with Crippen LogP contribution >= 0.6 is 38.5 Å². The third-order valence-corrected chi connectivity index (χ3v) is 4.21. The summed E-state index contributed by atoms with van der Waals surface area (Å²) in [4.78, 5) is 7.93. The van der Waals surface area contributed by atoms with E-state index in [0.29, 0.717) is 0 Å². The maximum atomic E-state index is 5.27. The standard InChI is InChI=1S/C14H10BrIN2O/c1-19-13-5-2-8(6-10(13)16)14-17-11-4-3-9(15)7-12(11)18-14/h2-7H,1H3,(H,17,18). The third kappa shape index (κ3) is 2.49. The molecule has 0 unspecified atom stereocenters. The van der Waals surface area contributed by atoms with Gasteiger partial charge in [0.15, 0.2) is 0 Å². The number of nitrogens with one attached hydrogen (secondary N) is 1. The highest BCUT2D eigenvalue weighted by Crippen LogP contribution is 2.28. The van der Waals surface area contributed by atoms with Crippen molar-refractivity contribution < 1.29 is 4.74 Å². The van der Waals surface area contributed by atoms with Crippen LogP contribution in [0.5, 0.6) is 5.75 Å². The monoisotopic (exact) mass is 428 g/mol. The number of halogens is 2. The average molecular weight is 429 g/mol. The van der Waals surface area contributed by atoms with E-state index in [1.807, 2.05) is 30.3 Å². The van der Waals surface area contributed by atoms with Gasteiger partial charge >= 0.3 is 0 Å². The zero-order chi connectivity index (χ0) is 13.4. The third-order valence-electron chi connectivity index (χ3n) is 2.87. The normalized spacial score (nSPS) is 10.9. The molecule has 0 spiro atoms. The number of ether oxygens (including phenoxy) is 1. The van der Waals surface area contributed by atoms with Gasteiger partial charge in [-0.05, 0) is 59.0 Å². The van der Waals surface area contributed by atoms with Gasteiger partial charge in [-0.2, -0.15) is 0 Å². The van der Waals surface area contributed by atoms with Gasteiger partial charge in [-0.1, -0.05) is 15.9 Å². The quantitative estimate of drug-likeness (QED) is 0.605. The molecule has 0 saturated carbocycles. The lowest BCUT2D eigenvalue weighted by molar-refractivity contribution is 0.412. The number of fused-ring (bicyclic) bond motifs is 1. The second-order valence-electron chi connectivity index (χ2n) is 4.10. The maximum Gasteiger partial charge on any atom is 0.138 e. The summed E-state index contributed by atoms with van der Waals surface area (Å²) in [5.41, 5.74) is 3.04. The van der Waals surface area contributed by atoms with Crippen molar-refractivity contribution in [2.75, 3.05) is 7.11 Å². The molecule has 0 atom stereocenters. The van der Waals surface area contributed by atoms with Gasteiger partial charge in [-0.25, -0.2) is 4.98 Å². The summed E-state index contributed by atoms with van der Waals surface area (Å²) >= 11 is 5.73. The Morgan fingerprint density at radius 3 is 2.79 bits per heavy atom. The summed E-state index contributed by atoms with van der Waals surface area (Å²) < 4.78 is 7.38. The van der Waals surface area contributed by atoms with Gasteiger partial charge in [0, 0.05) is 10.0 Å². The van der Waals surface area contributed by atoms with Gasteiger partial charge in [0.25, 0.3) is 0 Å². The van der Waals surface area contributed by atoms with Crippen molar-refractivity contribution in [3.63, 3.8) is 0 Å². The van der Waals surface area contributed by atoms with Crippen molar-refractivity contribution in [1.82, 2.24) is 9.97 Å². The van der Waals surface area contributed by atoms with Crippen molar-refractivity contribution in [3.8, 4) is 17.1 Å². The van der Waals surface area contributed by atoms with E-state index in [-0.39, 0.29) is 0 Å². The highest BCUT2D eigenvalue weighted by atomic mass is 127. The fraction of sp³-hybridized carbons (Fsp3) is 0.0714. The molecular weight excluding hydrogens is 419 g/mol. The van der Waals surface area contributed by atoms with Gasteiger partial charge in [-0.3, -0.25) is 0 Å². The first-order chi connectivity index (χ1) is 9.17. The molecule has 1 N–H and O–H groups in total. The minimum atomic E-state index is 0.869. The van der Waals surface area contributed by atoms with Crippen LogP contribution in [-0.4, -0.2) is 17.1 Å². The molecule has 96 valence electrons. The van der Waals surface area contributed by atoms with E-state index in [1.54, 1.807) is 7.11 Å². The predicted octanol–water partition coefficient (Wildman–Crippen LogP) is 4.61. The Morgan fingerprint density at radius 2 is 2.05 bits per heavy atom. The van der Waals surface area contributed by atoms with E-state index >= 15 is 0 Å². The molecule has 19 heavy (non-hydrogen) atoms. The van der Waals surface area contributed by atoms with E-state index in [1.165, 1.54) is 0 Å². The van der Waals surface area contributed by atoms with Crippen LogP contribution in [0.25, 0.3) is 22.4 Å². The summed E-state index contributed by atoms with van der Waals surface area (Å²) in [6, 6.07) is 12.0. The van der Waals surface area contributed by atoms with Crippen LogP contribution in [0.2, 0.25) is 0 Å². The van der Waals surface area contributed by atoms with Crippen LogP contribution in [0, 0.1) is 3.57 Å². The number of nitrogens with zero attached hydrogens (tertiary/aromatic N) is 1. The first-order valence-electron chi connectivity index (χ1n) is 5.66. The Kier molecular flexibility index (Phi) is 3.49. The number of rotatable bonds is 2. The Hall–Kier alpha value is -1.08. The van der Waals surface area contributed by atoms with Crippen LogP contribution in [0.1, 0.15) is 0 Å². The van der Waals surface area contributed by atoms with E-state index in [9.17, 15) is 0 Å². The summed E-state index contributed by atoms with van der Waals surface area (Å²) in [7, 11) is 1.68. The number of hydrogen-bond donors (Lipinski definition) is 1. The number of H-pyrrole nitrogens is 1. The van der Waals surface area contributed by atoms with Crippen LogP contribution in [0.4, 0.5) is 0 Å². The van der Waals surface area contributed by atoms with E-state index in [4.69, 9.17) is 4.74 Å². The molecule has 3 aromatic rings. The zero-order valence-electron chi connectivity index (χ0n) is 10.1. The molecule has 0 aliphatic carbocycles. The SMILES string of the molecule is COc1ccc(-c2nc3ccc(Br)cc3[nH]2)cc1I. The van der Waals surface area contributed by atoms with E-state index < -0.39 is 0 Å². The summed E-state index contributed by atoms with van der Waals surface area (Å²) in [5, 5.41) is 0. The predicted molar refractivity (Wildman–Crippen MR) is 88.5 cm³/mol. The van der Waals surface area contributed by atoms with Crippen molar-refractivity contribution in [2.45, 2.75) is 0 Å². The molecule has 0 saturated heterocycles. The lowest BCUT2D eigenvalue weighted by atomic mass is 10.2. The zero-order valence-corrected chi connectivity index (χ0v) is 13.8. The van der Waals surface area contributed by atoms with Gasteiger partial charge in [0.2, 0.25) is 0 Å². The molecule has 2 aromatic carbocycles. The van der Waals surface area contributed by atoms with Crippen molar-refractivity contribution >= 4 is 49.6 Å². The maximum absolute atomic E-state index is 5.27. The highest BCUT2D eigenvalue weighted by Gasteiger charge is 2.08. The van der Waals surface area contributed by atoms with Crippen LogP contribution in [-0.2, 0) is 0 Å². The number of imidazole rings is 1. The Labute approximate surface area is 132 Å². The summed E-state index contributed by atoms with van der Waals surface area (Å²) in [6.07, 6.45) is 0. The first-order valence-corrected chi connectivity index (χ1v) is 7.54. The smallest absolute Gasteiger partial charge is 0.138 e. The Balaban J connectivity index is 2.11. The fourth-order valence-corrected chi connectivity index (χ4v) is 3.03. The van der Waals surface area contributed by atoms with E-state index in [0.717, 1.165) is 36.2 Å². The number of aromatic nitrogens is 2. The molecule has 0 aliphatic rings. The van der Waals surface area contributed by atoms with Crippen molar-refractivity contribution in [2.24, 2.45) is 0 Å². The van der Waals surface area contributed by atoms with Gasteiger partial charge < -0.3 is 9.72 Å². The average Bonchev–Trinajstić information content (AvgIpc) is 2.81. The largest absolute Gasteiger partial charge is 0.496 e. The lowest BCUT2D eigenvalue weighted by Gasteiger charge is -2.04. The van der Waals surface area contributed by atoms with Crippen molar-refractivity contribution in [1.29, 1.82) is 0 Å². The first kappa shape index (κ1) is 12.9. The minimum absolute atomic E-state index is 0.869. The number of hydrogen-bond acceptors (Lipinski definition) is 2. The molecule has 0 fully saturated rings. The Bertz CT molecular complexity index is 754. The van der Waals surface area contributed by atoms with Crippen LogP contribution in [0.3, 0.4) is 0 Å². The molecule has 3 nitrogen and oxygen atoms in total. The number of benzene rings is 2. The molecule has 0 aliphatic heterocycles. The number of aromatic amines is 1. The molecule has 1 heterocycles. The molecule has 1 aromatic heterocycles. The van der Waals surface area contributed by atoms with Gasteiger partial charge in [0.1, 0.15) is 11.6 Å². The van der Waals surface area contributed by atoms with Gasteiger partial charge in [0.05, 0.1) is 21.7 Å². The van der Waals surface area contributed by atoms with Crippen molar-refractivity contribution in [3.05, 3.63) is 44.4 Å². The molecule has 3 rings (SSSR count). The topological polar surface area (TPSA) is 37.9 Å². The molecule has 0 radical (unpaired) electrons. The number of methoxy groups -OCH3 is 1. The molecule has 0 amide bonds. The highest BCUT2D eigenvalue weighted by molar-refractivity contribution is 14.1. The fourth-order valence-electron chi connectivity index (χ4n) is 1.93. The second kappa shape index (κ2) is 5.13. The van der Waals surface area contributed by atoms with Crippen LogP contribution in [0.15, 0.2) is 40.9 Å². The second-order valence-corrected chi connectivity index (χ2v) is 6.17. The summed E-state index contributed by atoms with van der Waals surface area (Å²) in [6.45, 7) is 0. The van der Waals surface area contributed by atoms with Crippen LogP contribution < -0.4 is 4.74 Å². The molecule has 0 bridgehead atoms. The lowest BCUT2D eigenvalue weighted by Crippen LogP contribution is -1.88. The van der Waals surface area contributed by atoms with E-state index in [2.05, 4.69) is 54.6 Å². The Morgan fingerprint density at radius 1 is 1.21 bits per heavy atom. The van der Waals surface area contributed by atoms with Gasteiger partial charge in [-0.15, -0.1) is 0 Å². The molecule has 5 heteroatoms. The summed E-state index contributed by atoms with van der Waals surface area (Å²) in [5.74, 6) is 1.75. The minimum Gasteiger partial charge on any atom is -0.496 e. The molecular formula is C14H10BrIN2O.